The van der Waals surface area contributed by atoms with Crippen molar-refractivity contribution < 1.29 is 0 Å². The summed E-state index contributed by atoms with van der Waals surface area (Å²) in [4.78, 5) is 8.81. The van der Waals surface area contributed by atoms with Crippen LogP contribution in [0.1, 0.15) is 30.9 Å². The minimum atomic E-state index is 0.379. The molecule has 96 valence electrons. The zero-order valence-electron chi connectivity index (χ0n) is 10.1. The predicted octanol–water partition coefficient (Wildman–Crippen LogP) is 2.89. The van der Waals surface area contributed by atoms with E-state index in [4.69, 9.17) is 5.73 Å². The number of thiophene rings is 1. The standard InChI is InChI=1S/C12H15BrN4S/c1-15-7-3-2-6(4-7)9-11-10(8(13)5-18-11)17-12(14)16-9/h5-7,15H,2-4H2,1H3,(H2,14,16,17)/t6?,7-/m0/s1. The van der Waals surface area contributed by atoms with Crippen molar-refractivity contribution in [2.45, 2.75) is 31.2 Å². The number of aromatic nitrogens is 2. The first-order valence-corrected chi connectivity index (χ1v) is 7.73. The summed E-state index contributed by atoms with van der Waals surface area (Å²) in [5.41, 5.74) is 7.92. The summed E-state index contributed by atoms with van der Waals surface area (Å²) in [5.74, 6) is 0.880. The minimum Gasteiger partial charge on any atom is -0.368 e. The smallest absolute Gasteiger partial charge is 0.220 e. The Hall–Kier alpha value is -0.720. The van der Waals surface area contributed by atoms with Crippen molar-refractivity contribution in [1.82, 2.24) is 15.3 Å². The Labute approximate surface area is 118 Å². The van der Waals surface area contributed by atoms with Gasteiger partial charge in [0.15, 0.2) is 0 Å². The molecule has 1 unspecified atom stereocenters. The molecule has 18 heavy (non-hydrogen) atoms. The third kappa shape index (κ3) is 2.02. The van der Waals surface area contributed by atoms with Gasteiger partial charge < -0.3 is 11.1 Å². The lowest BCUT2D eigenvalue weighted by molar-refractivity contribution is 0.570. The molecule has 2 atom stereocenters. The maximum atomic E-state index is 5.83. The summed E-state index contributed by atoms with van der Waals surface area (Å²) < 4.78 is 2.19. The van der Waals surface area contributed by atoms with Gasteiger partial charge in [-0.05, 0) is 42.2 Å². The lowest BCUT2D eigenvalue weighted by Gasteiger charge is -2.11. The van der Waals surface area contributed by atoms with E-state index in [9.17, 15) is 0 Å². The molecule has 3 N–H and O–H groups in total. The van der Waals surface area contributed by atoms with Gasteiger partial charge >= 0.3 is 0 Å². The van der Waals surface area contributed by atoms with Gasteiger partial charge in [-0.3, -0.25) is 0 Å². The van der Waals surface area contributed by atoms with Gasteiger partial charge in [0.1, 0.15) is 5.52 Å². The summed E-state index contributed by atoms with van der Waals surface area (Å²) in [6.45, 7) is 0. The van der Waals surface area contributed by atoms with Crippen LogP contribution in [0.3, 0.4) is 0 Å². The average Bonchev–Trinajstić information content (AvgIpc) is 2.96. The molecular formula is C12H15BrN4S. The molecule has 1 aliphatic carbocycles. The van der Waals surface area contributed by atoms with Gasteiger partial charge in [-0.25, -0.2) is 9.97 Å². The fraction of sp³-hybridized carbons (Fsp3) is 0.500. The van der Waals surface area contributed by atoms with Crippen LogP contribution >= 0.6 is 27.3 Å². The molecule has 0 amide bonds. The number of hydrogen-bond donors (Lipinski definition) is 2. The number of nitrogen functional groups attached to an aromatic ring is 1. The number of hydrogen-bond acceptors (Lipinski definition) is 5. The van der Waals surface area contributed by atoms with E-state index in [0.717, 1.165) is 22.1 Å². The quantitative estimate of drug-likeness (QED) is 0.890. The lowest BCUT2D eigenvalue weighted by atomic mass is 10.0. The van der Waals surface area contributed by atoms with E-state index < -0.39 is 0 Å². The van der Waals surface area contributed by atoms with Gasteiger partial charge in [0.25, 0.3) is 0 Å². The molecule has 1 aliphatic rings. The normalized spacial score (nSPS) is 23.9. The van der Waals surface area contributed by atoms with Crippen LogP contribution in [0.4, 0.5) is 5.95 Å². The zero-order chi connectivity index (χ0) is 12.7. The molecule has 4 nitrogen and oxygen atoms in total. The highest BCUT2D eigenvalue weighted by atomic mass is 79.9. The third-order valence-electron chi connectivity index (χ3n) is 3.64. The maximum Gasteiger partial charge on any atom is 0.220 e. The van der Waals surface area contributed by atoms with E-state index >= 15 is 0 Å². The van der Waals surface area contributed by atoms with Crippen LogP contribution in [-0.4, -0.2) is 23.1 Å². The largest absolute Gasteiger partial charge is 0.368 e. The van der Waals surface area contributed by atoms with Gasteiger partial charge in [-0.1, -0.05) is 0 Å². The molecule has 1 saturated carbocycles. The monoisotopic (exact) mass is 326 g/mol. The van der Waals surface area contributed by atoms with E-state index in [1.54, 1.807) is 11.3 Å². The van der Waals surface area contributed by atoms with Gasteiger partial charge in [0, 0.05) is 17.3 Å². The SMILES string of the molecule is CN[C@H]1CCC(c2nc(N)nc3c(Br)csc23)C1. The first-order chi connectivity index (χ1) is 8.69. The molecule has 2 aromatic rings. The summed E-state index contributed by atoms with van der Waals surface area (Å²) in [6, 6.07) is 0.602. The number of nitrogens with zero attached hydrogens (tertiary/aromatic N) is 2. The molecule has 6 heteroatoms. The molecular weight excluding hydrogens is 312 g/mol. The van der Waals surface area contributed by atoms with E-state index in [2.05, 4.69) is 36.6 Å². The number of anilines is 1. The maximum absolute atomic E-state index is 5.83. The Morgan fingerprint density at radius 3 is 3.00 bits per heavy atom. The zero-order valence-corrected chi connectivity index (χ0v) is 12.5. The molecule has 2 aromatic heterocycles. The molecule has 2 heterocycles. The van der Waals surface area contributed by atoms with Crippen LogP contribution in [-0.2, 0) is 0 Å². The third-order valence-corrected chi connectivity index (χ3v) is 5.54. The summed E-state index contributed by atoms with van der Waals surface area (Å²) in [5, 5.41) is 5.41. The number of fused-ring (bicyclic) bond motifs is 1. The molecule has 0 radical (unpaired) electrons. The van der Waals surface area contributed by atoms with Gasteiger partial charge in [0.05, 0.1) is 14.9 Å². The van der Waals surface area contributed by atoms with Crippen LogP contribution in [0, 0.1) is 0 Å². The minimum absolute atomic E-state index is 0.379. The van der Waals surface area contributed by atoms with E-state index in [0.29, 0.717) is 17.9 Å². The van der Waals surface area contributed by atoms with Crippen molar-refractivity contribution in [3.8, 4) is 0 Å². The fourth-order valence-electron chi connectivity index (χ4n) is 2.70. The summed E-state index contributed by atoms with van der Waals surface area (Å²) >= 11 is 5.22. The highest BCUT2D eigenvalue weighted by Crippen LogP contribution is 2.40. The second-order valence-corrected chi connectivity index (χ2v) is 6.46. The van der Waals surface area contributed by atoms with Crippen molar-refractivity contribution in [2.75, 3.05) is 12.8 Å². The molecule has 0 bridgehead atoms. The van der Waals surface area contributed by atoms with Gasteiger partial charge in [-0.15, -0.1) is 11.3 Å². The Morgan fingerprint density at radius 1 is 1.44 bits per heavy atom. The fourth-order valence-corrected chi connectivity index (χ4v) is 4.33. The number of rotatable bonds is 2. The number of halogens is 1. The molecule has 3 rings (SSSR count). The average molecular weight is 327 g/mol. The number of nitrogens with one attached hydrogen (secondary N) is 1. The number of nitrogens with two attached hydrogens (primary N) is 1. The van der Waals surface area contributed by atoms with Gasteiger partial charge in [-0.2, -0.15) is 0 Å². The highest BCUT2D eigenvalue weighted by molar-refractivity contribution is 9.10. The summed E-state index contributed by atoms with van der Waals surface area (Å²) in [7, 11) is 2.03. The molecule has 0 aromatic carbocycles. The van der Waals surface area contributed by atoms with E-state index in [1.807, 2.05) is 7.05 Å². The Kier molecular flexibility index (Phi) is 3.25. The van der Waals surface area contributed by atoms with Crippen LogP contribution in [0.2, 0.25) is 0 Å². The topological polar surface area (TPSA) is 63.8 Å². The van der Waals surface area contributed by atoms with Crippen molar-refractivity contribution in [3.63, 3.8) is 0 Å². The Bertz CT molecular complexity index is 583. The second kappa shape index (κ2) is 4.75. The van der Waals surface area contributed by atoms with Crippen LogP contribution in [0.5, 0.6) is 0 Å². The van der Waals surface area contributed by atoms with Crippen LogP contribution < -0.4 is 11.1 Å². The highest BCUT2D eigenvalue weighted by Gasteiger charge is 2.28. The predicted molar refractivity (Wildman–Crippen MR) is 79.0 cm³/mol. The molecule has 0 spiro atoms. The van der Waals surface area contributed by atoms with Crippen molar-refractivity contribution in [3.05, 3.63) is 15.5 Å². The van der Waals surface area contributed by atoms with Gasteiger partial charge in [0.2, 0.25) is 5.95 Å². The Morgan fingerprint density at radius 2 is 2.28 bits per heavy atom. The van der Waals surface area contributed by atoms with Crippen molar-refractivity contribution in [1.29, 1.82) is 0 Å². The van der Waals surface area contributed by atoms with Crippen molar-refractivity contribution in [2.24, 2.45) is 0 Å². The first kappa shape index (κ1) is 12.3. The lowest BCUT2D eigenvalue weighted by Crippen LogP contribution is -2.21. The van der Waals surface area contributed by atoms with E-state index in [1.165, 1.54) is 17.5 Å². The van der Waals surface area contributed by atoms with Crippen molar-refractivity contribution >= 4 is 43.4 Å². The van der Waals surface area contributed by atoms with E-state index in [-0.39, 0.29) is 0 Å². The summed E-state index contributed by atoms with van der Waals surface area (Å²) in [6.07, 6.45) is 3.52. The second-order valence-electron chi connectivity index (χ2n) is 4.72. The Balaban J connectivity index is 2.06. The van der Waals surface area contributed by atoms with Crippen LogP contribution in [0.15, 0.2) is 9.85 Å². The molecule has 0 saturated heterocycles. The molecule has 1 fully saturated rings. The first-order valence-electron chi connectivity index (χ1n) is 6.06. The molecule has 0 aliphatic heterocycles. The van der Waals surface area contributed by atoms with Crippen LogP contribution in [0.25, 0.3) is 10.2 Å².